The van der Waals surface area contributed by atoms with Gasteiger partial charge < -0.3 is 9.11 Å². The van der Waals surface area contributed by atoms with Crippen LogP contribution in [-0.4, -0.2) is 37.0 Å². The Morgan fingerprint density at radius 1 is 0.710 bits per heavy atom. The van der Waals surface area contributed by atoms with Gasteiger partial charge >= 0.3 is 116 Å². The van der Waals surface area contributed by atoms with Crippen molar-refractivity contribution in [1.29, 1.82) is 0 Å². The van der Waals surface area contributed by atoms with Gasteiger partial charge in [-0.05, 0) is 0 Å². The molecule has 0 unspecified atom stereocenters. The van der Waals surface area contributed by atoms with Crippen LogP contribution in [0.1, 0.15) is 40.5 Å². The van der Waals surface area contributed by atoms with Gasteiger partial charge in [0.15, 0.2) is 20.2 Å². The fraction of sp³-hybridized carbons (Fsp3) is 0.500. The maximum Gasteiger partial charge on any atom is 0.485 e. The smallest absolute Gasteiger partial charge is 0.485 e. The van der Waals surface area contributed by atoms with Crippen molar-refractivity contribution in [2.24, 2.45) is 0 Å². The van der Waals surface area contributed by atoms with Crippen molar-refractivity contribution in [2.45, 2.75) is 51.6 Å². The van der Waals surface area contributed by atoms with Gasteiger partial charge in [-0.3, -0.25) is 0 Å². The number of alkyl halides is 6. The maximum absolute atomic E-state index is 10.7. The summed E-state index contributed by atoms with van der Waals surface area (Å²) < 4.78 is 121. The van der Waals surface area contributed by atoms with Crippen LogP contribution >= 0.6 is 0 Å². The summed E-state index contributed by atoms with van der Waals surface area (Å²) in [5, 5.41) is 0. The molecule has 31 heavy (non-hydrogen) atoms. The van der Waals surface area contributed by atoms with Crippen LogP contribution < -0.4 is 0 Å². The number of hydrogen-bond donors (Lipinski definition) is 0. The SMILES string of the molecule is CC1=CC[C]([Hf+2][C]2=C(C)C(C)=CC2)=C1C.O=S(=O)([O-])C(F)(F)F.O=S(=O)([O-])C(F)(F)F. The number of allylic oxidation sites excluding steroid dienone is 8. The Hall–Kier alpha value is -0.770. The molecular formula is C16H18F6HfO6S2. The topological polar surface area (TPSA) is 114 Å². The molecule has 0 amide bonds. The Morgan fingerprint density at radius 2 is 0.935 bits per heavy atom. The average molecular weight is 663 g/mol. The minimum atomic E-state index is -6.09. The second-order valence-corrected chi connectivity index (χ2v) is 14.3. The first kappa shape index (κ1) is 30.2. The molecule has 0 aromatic rings. The van der Waals surface area contributed by atoms with Crippen LogP contribution in [0.4, 0.5) is 26.3 Å². The van der Waals surface area contributed by atoms with E-state index in [1.807, 2.05) is 6.66 Å². The van der Waals surface area contributed by atoms with Crippen molar-refractivity contribution in [3.05, 3.63) is 41.1 Å². The summed E-state index contributed by atoms with van der Waals surface area (Å²) in [4.78, 5) is 0. The summed E-state index contributed by atoms with van der Waals surface area (Å²) in [6.45, 7) is 9.13. The van der Waals surface area contributed by atoms with Gasteiger partial charge in [0.2, 0.25) is 0 Å². The van der Waals surface area contributed by atoms with Crippen molar-refractivity contribution in [3.8, 4) is 0 Å². The van der Waals surface area contributed by atoms with Crippen molar-refractivity contribution in [2.75, 3.05) is 0 Å². The monoisotopic (exact) mass is 664 g/mol. The summed E-state index contributed by atoms with van der Waals surface area (Å²) in [5.41, 5.74) is -5.01. The summed E-state index contributed by atoms with van der Waals surface area (Å²) in [7, 11) is -12.2. The van der Waals surface area contributed by atoms with Crippen LogP contribution in [-0.2, 0) is 43.1 Å². The van der Waals surface area contributed by atoms with Crippen LogP contribution in [0.3, 0.4) is 0 Å². The quantitative estimate of drug-likeness (QED) is 0.187. The number of hydrogen-bond acceptors (Lipinski definition) is 6. The Bertz CT molecular complexity index is 934. The van der Waals surface area contributed by atoms with Gasteiger partial charge in [0.05, 0.1) is 0 Å². The minimum Gasteiger partial charge on any atom is -0.741 e. The van der Waals surface area contributed by atoms with E-state index in [2.05, 4.69) is 39.8 Å². The van der Waals surface area contributed by atoms with Crippen LogP contribution in [0.5, 0.6) is 0 Å². The second kappa shape index (κ2) is 10.9. The number of halogens is 6. The Labute approximate surface area is 187 Å². The zero-order valence-corrected chi connectivity index (χ0v) is 21.8. The van der Waals surface area contributed by atoms with E-state index < -0.39 is 54.2 Å². The molecule has 0 bridgehead atoms. The van der Waals surface area contributed by atoms with Crippen LogP contribution in [0.15, 0.2) is 41.1 Å². The molecule has 2 aliphatic carbocycles. The van der Waals surface area contributed by atoms with E-state index in [1.165, 1.54) is 24.0 Å². The normalized spacial score (nSPS) is 17.3. The van der Waals surface area contributed by atoms with Crippen molar-refractivity contribution in [1.82, 2.24) is 0 Å². The summed E-state index contributed by atoms with van der Waals surface area (Å²) >= 11 is -0.672. The Balaban J connectivity index is 0.000000483. The molecular weight excluding hydrogens is 645 g/mol. The molecule has 2 rings (SSSR count). The predicted octanol–water partition coefficient (Wildman–Crippen LogP) is 4.42. The standard InChI is InChI=1S/2C7H9.2CHF3O3S.Hf/c2*1-6-4-3-5-7(6)2;2*2-1(3,4)8(5,6)7;/h2*4H,3H2,1-2H3;2*(H,5,6,7);/q;;;;+2/p-2. The summed E-state index contributed by atoms with van der Waals surface area (Å²) in [5.74, 6) is 0. The molecule has 0 aromatic heterocycles. The molecule has 2 aliphatic rings. The van der Waals surface area contributed by atoms with Gasteiger partial charge in [0.25, 0.3) is 0 Å². The fourth-order valence-electron chi connectivity index (χ4n) is 2.07. The van der Waals surface area contributed by atoms with Gasteiger partial charge in [0.1, 0.15) is 0 Å². The molecule has 0 saturated heterocycles. The van der Waals surface area contributed by atoms with E-state index in [4.69, 9.17) is 25.9 Å². The molecule has 15 heteroatoms. The molecule has 0 N–H and O–H groups in total. The molecule has 0 heterocycles. The zero-order chi connectivity index (χ0) is 25.0. The second-order valence-electron chi connectivity index (χ2n) is 6.31. The third-order valence-electron chi connectivity index (χ3n) is 4.18. The van der Waals surface area contributed by atoms with E-state index >= 15 is 0 Å². The predicted molar refractivity (Wildman–Crippen MR) is 93.7 cm³/mol. The largest absolute Gasteiger partial charge is 0.741 e. The van der Waals surface area contributed by atoms with Gasteiger partial charge in [-0.15, -0.1) is 0 Å². The van der Waals surface area contributed by atoms with Crippen molar-refractivity contribution in [3.63, 3.8) is 0 Å². The summed E-state index contributed by atoms with van der Waals surface area (Å²) in [6, 6.07) is 0. The first-order valence-electron chi connectivity index (χ1n) is 8.14. The van der Waals surface area contributed by atoms with Gasteiger partial charge in [-0.2, -0.15) is 26.3 Å². The molecule has 0 atom stereocenters. The van der Waals surface area contributed by atoms with E-state index in [0.717, 1.165) is 0 Å². The molecule has 0 aliphatic heterocycles. The van der Waals surface area contributed by atoms with Crippen molar-refractivity contribution >= 4 is 20.2 Å². The van der Waals surface area contributed by atoms with E-state index in [-0.39, 0.29) is 0 Å². The van der Waals surface area contributed by atoms with E-state index in [9.17, 15) is 26.3 Å². The maximum atomic E-state index is 10.7. The third kappa shape index (κ3) is 9.72. The number of rotatable bonds is 2. The van der Waals surface area contributed by atoms with E-state index in [0.29, 0.717) is 0 Å². The molecule has 176 valence electrons. The first-order valence-corrected chi connectivity index (χ1v) is 14.6. The summed E-state index contributed by atoms with van der Waals surface area (Å²) in [6.07, 6.45) is 7.33. The Morgan fingerprint density at radius 3 is 1.06 bits per heavy atom. The minimum absolute atomic E-state index is 0.672. The molecule has 0 fully saturated rings. The molecule has 6 nitrogen and oxygen atoms in total. The molecule has 0 saturated carbocycles. The molecule has 0 aromatic carbocycles. The van der Waals surface area contributed by atoms with Crippen LogP contribution in [0.2, 0.25) is 0 Å². The van der Waals surface area contributed by atoms with Crippen molar-refractivity contribution < 1.29 is 75.2 Å². The fourth-order valence-corrected chi connectivity index (χ4v) is 7.61. The van der Waals surface area contributed by atoms with Crippen LogP contribution in [0, 0.1) is 0 Å². The van der Waals surface area contributed by atoms with Crippen LogP contribution in [0.25, 0.3) is 0 Å². The van der Waals surface area contributed by atoms with Gasteiger partial charge in [0, 0.05) is 0 Å². The first-order chi connectivity index (χ1) is 13.6. The average Bonchev–Trinajstić information content (AvgIpc) is 3.03. The third-order valence-corrected chi connectivity index (χ3v) is 11.6. The van der Waals surface area contributed by atoms with Gasteiger partial charge in [-0.1, -0.05) is 0 Å². The van der Waals surface area contributed by atoms with E-state index in [1.54, 1.807) is 11.1 Å². The van der Waals surface area contributed by atoms with Gasteiger partial charge in [-0.25, -0.2) is 16.8 Å². The molecule has 0 radical (unpaired) electrons. The molecule has 0 spiro atoms. The Kier molecular flexibility index (Phi) is 10.6. The zero-order valence-electron chi connectivity index (χ0n) is 16.6.